The highest BCUT2D eigenvalue weighted by molar-refractivity contribution is 5.88. The second-order valence-corrected chi connectivity index (χ2v) is 7.06. The number of fused-ring (bicyclic) bond motifs is 1. The summed E-state index contributed by atoms with van der Waals surface area (Å²) in [6, 6.07) is 4.32. The van der Waals surface area contributed by atoms with Gasteiger partial charge >= 0.3 is 18.1 Å². The molecule has 12 heteroatoms. The number of rotatable bonds is 8. The maximum atomic E-state index is 13.3. The van der Waals surface area contributed by atoms with Gasteiger partial charge in [0.1, 0.15) is 11.1 Å². The lowest BCUT2D eigenvalue weighted by Crippen LogP contribution is -2.46. The lowest BCUT2D eigenvalue weighted by Gasteiger charge is -2.32. The van der Waals surface area contributed by atoms with Crippen LogP contribution in [0.25, 0.3) is 11.0 Å². The Kier molecular flexibility index (Phi) is 6.34. The van der Waals surface area contributed by atoms with Crippen molar-refractivity contribution in [3.8, 4) is 11.6 Å². The molecule has 1 saturated heterocycles. The molecule has 0 spiro atoms. The second-order valence-electron chi connectivity index (χ2n) is 7.06. The first kappa shape index (κ1) is 22.1. The maximum Gasteiger partial charge on any atom is 0.422 e. The summed E-state index contributed by atoms with van der Waals surface area (Å²) in [5.41, 5.74) is 0.204. The van der Waals surface area contributed by atoms with Crippen LogP contribution in [0.4, 0.5) is 22.0 Å². The zero-order valence-electron chi connectivity index (χ0n) is 15.6. The molecule has 0 radical (unpaired) electrons. The predicted octanol–water partition coefficient (Wildman–Crippen LogP) is 3.58. The minimum Gasteiger partial charge on any atom is -0.483 e. The third-order valence-corrected chi connectivity index (χ3v) is 4.72. The molecule has 1 aromatic carbocycles. The zero-order valence-corrected chi connectivity index (χ0v) is 15.6. The molecule has 1 fully saturated rings. The molecule has 0 unspecified atom stereocenters. The van der Waals surface area contributed by atoms with E-state index in [0.29, 0.717) is 12.8 Å². The average molecular weight is 438 g/mol. The van der Waals surface area contributed by atoms with Crippen LogP contribution < -0.4 is 9.47 Å². The number of hydrogen-bond donors (Lipinski definition) is 1. The van der Waals surface area contributed by atoms with Crippen molar-refractivity contribution in [2.45, 2.75) is 24.9 Å². The number of carbonyl (C=O) groups is 1. The van der Waals surface area contributed by atoms with Gasteiger partial charge in [0.25, 0.3) is 5.88 Å². The normalized spacial score (nSPS) is 16.7. The number of piperidine rings is 1. The van der Waals surface area contributed by atoms with E-state index < -0.39 is 31.2 Å². The third-order valence-electron chi connectivity index (χ3n) is 4.72. The van der Waals surface area contributed by atoms with Gasteiger partial charge in [-0.3, -0.25) is 4.90 Å². The number of nitrogens with zero attached hydrogens (tertiary/aromatic N) is 2. The Hall–Kier alpha value is -2.63. The van der Waals surface area contributed by atoms with Crippen molar-refractivity contribution in [1.82, 2.24) is 10.1 Å². The standard InChI is InChI=1S/C18H19F5N2O5/c19-17(20,16(26)27)9-25-6-4-11(5-7-25)8-28-15-14-12(29-10-18(21,22)23)2-1-3-13(14)30-24-15/h1-3,11H,4-10H2,(H,26,27). The molecule has 0 amide bonds. The van der Waals surface area contributed by atoms with E-state index >= 15 is 0 Å². The number of ether oxygens (including phenoxy) is 2. The van der Waals surface area contributed by atoms with E-state index in [0.717, 1.165) is 0 Å². The van der Waals surface area contributed by atoms with Crippen LogP contribution in [0.2, 0.25) is 0 Å². The zero-order chi connectivity index (χ0) is 21.9. The van der Waals surface area contributed by atoms with Crippen molar-refractivity contribution >= 4 is 16.9 Å². The summed E-state index contributed by atoms with van der Waals surface area (Å²) >= 11 is 0. The average Bonchev–Trinajstić information content (AvgIpc) is 3.08. The van der Waals surface area contributed by atoms with Gasteiger partial charge in [-0.05, 0) is 49.1 Å². The molecule has 1 aliphatic heterocycles. The smallest absolute Gasteiger partial charge is 0.422 e. The van der Waals surface area contributed by atoms with E-state index in [1.165, 1.54) is 23.1 Å². The molecule has 1 aliphatic rings. The van der Waals surface area contributed by atoms with E-state index in [9.17, 15) is 26.7 Å². The number of aliphatic carboxylic acids is 1. The van der Waals surface area contributed by atoms with E-state index in [1.54, 1.807) is 0 Å². The Morgan fingerprint density at radius 3 is 2.53 bits per heavy atom. The van der Waals surface area contributed by atoms with E-state index in [-0.39, 0.29) is 48.2 Å². The minimum atomic E-state index is -4.51. The van der Waals surface area contributed by atoms with Crippen LogP contribution in [0.3, 0.4) is 0 Å². The molecule has 2 heterocycles. The third kappa shape index (κ3) is 5.49. The highest BCUT2D eigenvalue weighted by atomic mass is 19.4. The quantitative estimate of drug-likeness (QED) is 0.631. The molecular formula is C18H19F5N2O5. The van der Waals surface area contributed by atoms with E-state index in [4.69, 9.17) is 19.1 Å². The van der Waals surface area contributed by atoms with E-state index in [2.05, 4.69) is 5.16 Å². The molecule has 0 saturated carbocycles. The molecule has 7 nitrogen and oxygen atoms in total. The summed E-state index contributed by atoms with van der Waals surface area (Å²) in [5.74, 6) is -6.07. The largest absolute Gasteiger partial charge is 0.483 e. The van der Waals surface area contributed by atoms with Crippen LogP contribution in [-0.2, 0) is 4.79 Å². The van der Waals surface area contributed by atoms with Gasteiger partial charge in [-0.1, -0.05) is 6.07 Å². The number of likely N-dealkylation sites (tertiary alicyclic amines) is 1. The van der Waals surface area contributed by atoms with Crippen LogP contribution in [0.1, 0.15) is 12.8 Å². The summed E-state index contributed by atoms with van der Waals surface area (Å²) in [5, 5.41) is 12.4. The van der Waals surface area contributed by atoms with Gasteiger partial charge in [0.15, 0.2) is 12.2 Å². The van der Waals surface area contributed by atoms with Crippen LogP contribution >= 0.6 is 0 Å². The van der Waals surface area contributed by atoms with Crippen molar-refractivity contribution in [3.05, 3.63) is 18.2 Å². The number of carboxylic acid groups (broad SMARTS) is 1. The van der Waals surface area contributed by atoms with Crippen LogP contribution in [0.5, 0.6) is 11.6 Å². The molecule has 0 bridgehead atoms. The maximum absolute atomic E-state index is 13.3. The molecule has 1 N–H and O–H groups in total. The van der Waals surface area contributed by atoms with Gasteiger partial charge in [-0.2, -0.15) is 22.0 Å². The first-order valence-electron chi connectivity index (χ1n) is 9.09. The monoisotopic (exact) mass is 438 g/mol. The van der Waals surface area contributed by atoms with Crippen LogP contribution in [-0.4, -0.2) is 66.1 Å². The van der Waals surface area contributed by atoms with Crippen LogP contribution in [0.15, 0.2) is 22.7 Å². The molecule has 166 valence electrons. The fourth-order valence-corrected chi connectivity index (χ4v) is 3.17. The molecule has 0 atom stereocenters. The van der Waals surface area contributed by atoms with Gasteiger partial charge in [0.05, 0.1) is 13.2 Å². The van der Waals surface area contributed by atoms with Crippen molar-refractivity contribution in [1.29, 1.82) is 0 Å². The highest BCUT2D eigenvalue weighted by Crippen LogP contribution is 2.35. The van der Waals surface area contributed by atoms with Gasteiger partial charge in [-0.25, -0.2) is 4.79 Å². The Balaban J connectivity index is 1.57. The number of aromatic nitrogens is 1. The van der Waals surface area contributed by atoms with E-state index in [1.807, 2.05) is 0 Å². The molecule has 3 rings (SSSR count). The predicted molar refractivity (Wildman–Crippen MR) is 92.8 cm³/mol. The minimum absolute atomic E-state index is 0.0115. The number of halogens is 5. The number of alkyl halides is 5. The highest BCUT2D eigenvalue weighted by Gasteiger charge is 2.41. The number of benzene rings is 1. The summed E-state index contributed by atoms with van der Waals surface area (Å²) in [6.45, 7) is -1.63. The lowest BCUT2D eigenvalue weighted by atomic mass is 9.97. The SMILES string of the molecule is O=C(O)C(F)(F)CN1CCC(COc2noc3cccc(OCC(F)(F)F)c23)CC1. The Morgan fingerprint density at radius 2 is 1.90 bits per heavy atom. The summed E-state index contributed by atoms with van der Waals surface area (Å²) < 4.78 is 79.5. The Morgan fingerprint density at radius 1 is 1.20 bits per heavy atom. The second kappa shape index (κ2) is 8.62. The van der Waals surface area contributed by atoms with Gasteiger partial charge in [-0.15, -0.1) is 0 Å². The van der Waals surface area contributed by atoms with Gasteiger partial charge in [0.2, 0.25) is 0 Å². The summed E-state index contributed by atoms with van der Waals surface area (Å²) in [6.07, 6.45) is -3.53. The fraction of sp³-hybridized carbons (Fsp3) is 0.556. The number of hydrogen-bond acceptors (Lipinski definition) is 6. The van der Waals surface area contributed by atoms with Crippen molar-refractivity contribution in [2.75, 3.05) is 32.8 Å². The van der Waals surface area contributed by atoms with Crippen molar-refractivity contribution in [3.63, 3.8) is 0 Å². The summed E-state index contributed by atoms with van der Waals surface area (Å²) in [4.78, 5) is 11.9. The Bertz CT molecular complexity index is 877. The first-order chi connectivity index (χ1) is 14.0. The van der Waals surface area contributed by atoms with Crippen molar-refractivity contribution in [2.24, 2.45) is 5.92 Å². The molecular weight excluding hydrogens is 419 g/mol. The van der Waals surface area contributed by atoms with Gasteiger partial charge < -0.3 is 19.1 Å². The van der Waals surface area contributed by atoms with Crippen LogP contribution in [0, 0.1) is 5.92 Å². The molecule has 30 heavy (non-hydrogen) atoms. The Labute approximate surface area is 167 Å². The first-order valence-corrected chi connectivity index (χ1v) is 9.09. The molecule has 2 aromatic rings. The molecule has 0 aliphatic carbocycles. The molecule has 1 aromatic heterocycles. The van der Waals surface area contributed by atoms with Gasteiger partial charge in [0, 0.05) is 0 Å². The fourth-order valence-electron chi connectivity index (χ4n) is 3.17. The summed E-state index contributed by atoms with van der Waals surface area (Å²) in [7, 11) is 0. The number of carboxylic acids is 1. The topological polar surface area (TPSA) is 85.0 Å². The van der Waals surface area contributed by atoms with Crippen molar-refractivity contribution < 1.29 is 45.8 Å². The lowest BCUT2D eigenvalue weighted by molar-refractivity contribution is -0.167.